The second kappa shape index (κ2) is 13.6. The lowest BCUT2D eigenvalue weighted by Gasteiger charge is -2.28. The zero-order valence-electron chi connectivity index (χ0n) is 25.3. The third-order valence-corrected chi connectivity index (χ3v) is 9.51. The van der Waals surface area contributed by atoms with E-state index in [1.807, 2.05) is 37.3 Å². The van der Waals surface area contributed by atoms with Crippen LogP contribution in [0.1, 0.15) is 49.4 Å². The predicted octanol–water partition coefficient (Wildman–Crippen LogP) is 5.06. The predicted molar refractivity (Wildman–Crippen MR) is 171 cm³/mol. The highest BCUT2D eigenvalue weighted by atomic mass is 35.5. The van der Waals surface area contributed by atoms with Crippen LogP contribution in [0, 0.1) is 11.8 Å². The van der Waals surface area contributed by atoms with Crippen LogP contribution in [0.4, 0.5) is 11.6 Å². The van der Waals surface area contributed by atoms with E-state index in [-0.39, 0.29) is 35.1 Å². The van der Waals surface area contributed by atoms with Crippen LogP contribution in [-0.4, -0.2) is 61.6 Å². The van der Waals surface area contributed by atoms with Gasteiger partial charge >= 0.3 is 0 Å². The van der Waals surface area contributed by atoms with E-state index in [9.17, 15) is 8.42 Å². The number of hydrogen-bond donors (Lipinski definition) is 1. The number of rotatable bonds is 14. The summed E-state index contributed by atoms with van der Waals surface area (Å²) in [5, 5.41) is 8.63. The van der Waals surface area contributed by atoms with Gasteiger partial charge in [0.2, 0.25) is 21.8 Å². The molecule has 0 bridgehead atoms. The molecule has 3 heterocycles. The number of methoxy groups -OCH3 is 1. The number of anilines is 2. The zero-order chi connectivity index (χ0) is 31.4. The molecule has 1 saturated carbocycles. The first-order valence-corrected chi connectivity index (χ1v) is 16.8. The van der Waals surface area contributed by atoms with Crippen molar-refractivity contribution in [2.75, 3.05) is 42.3 Å². The molecular weight excluding hydrogens is 602 g/mol. The Balaban J connectivity index is 1.60. The minimum Gasteiger partial charge on any atom is -0.419 e. The first-order chi connectivity index (χ1) is 21.1. The molecule has 1 aliphatic carbocycles. The van der Waals surface area contributed by atoms with Gasteiger partial charge in [0.25, 0.3) is 0 Å². The number of nitrogens with zero attached hydrogens (tertiary/aromatic N) is 6. The lowest BCUT2D eigenvalue weighted by atomic mass is 9.94. The van der Waals surface area contributed by atoms with Gasteiger partial charge in [-0.1, -0.05) is 61.8 Å². The number of nitrogens with two attached hydrogens (primary N) is 1. The monoisotopic (exact) mass is 639 g/mol. The maximum absolute atomic E-state index is 13.2. The van der Waals surface area contributed by atoms with Crippen molar-refractivity contribution in [2.45, 2.75) is 38.8 Å². The molecule has 0 saturated heterocycles. The van der Waals surface area contributed by atoms with Crippen LogP contribution in [0.5, 0.6) is 0 Å². The summed E-state index contributed by atoms with van der Waals surface area (Å²) in [5.74, 6) is 1.89. The van der Waals surface area contributed by atoms with Gasteiger partial charge in [-0.05, 0) is 42.0 Å². The van der Waals surface area contributed by atoms with Crippen molar-refractivity contribution in [1.29, 1.82) is 0 Å². The third-order valence-electron chi connectivity index (χ3n) is 8.04. The Labute approximate surface area is 263 Å². The van der Waals surface area contributed by atoms with Crippen LogP contribution in [0.15, 0.2) is 65.2 Å². The summed E-state index contributed by atoms with van der Waals surface area (Å²) in [6.07, 6.45) is 3.83. The van der Waals surface area contributed by atoms with E-state index in [0.717, 1.165) is 29.1 Å². The second-order valence-electron chi connectivity index (χ2n) is 11.3. The standard InChI is InChI=1S/C31H38ClN7O4S/c1-20-16-23(20)18-38(14-15-42-3)26-17-25(30-36-37-31(43-30)28(33)21(2)22-10-6-5-7-11-22)27(32)29(35-26)39(44(4,40)41)19-24-12-8-9-13-34-24/h5-13,17,20-21,23,28H,14-16,18-19,33H2,1-4H3. The number of ether oxygens (including phenoxy) is 1. The van der Waals surface area contributed by atoms with Crippen molar-refractivity contribution in [3.63, 3.8) is 0 Å². The normalized spacial score (nSPS) is 17.7. The van der Waals surface area contributed by atoms with E-state index in [2.05, 4.69) is 27.0 Å². The van der Waals surface area contributed by atoms with Crippen LogP contribution in [0.25, 0.3) is 11.5 Å². The van der Waals surface area contributed by atoms with Crippen LogP contribution in [-0.2, 0) is 21.3 Å². The van der Waals surface area contributed by atoms with Crippen molar-refractivity contribution in [3.05, 3.63) is 83.0 Å². The number of benzene rings is 1. The van der Waals surface area contributed by atoms with Gasteiger partial charge in [-0.2, -0.15) is 0 Å². The molecule has 44 heavy (non-hydrogen) atoms. The summed E-state index contributed by atoms with van der Waals surface area (Å²) < 4.78 is 39.1. The van der Waals surface area contributed by atoms with Crippen molar-refractivity contribution < 1.29 is 17.6 Å². The Hall–Kier alpha value is -3.58. The number of halogens is 1. The summed E-state index contributed by atoms with van der Waals surface area (Å²) >= 11 is 6.99. The lowest BCUT2D eigenvalue weighted by molar-refractivity contribution is 0.204. The Kier molecular flexibility index (Phi) is 9.84. The van der Waals surface area contributed by atoms with Gasteiger partial charge in [0.1, 0.15) is 5.82 Å². The van der Waals surface area contributed by atoms with Gasteiger partial charge in [0.05, 0.1) is 41.7 Å². The first-order valence-electron chi connectivity index (χ1n) is 14.5. The first kappa shape index (κ1) is 31.8. The van der Waals surface area contributed by atoms with E-state index in [4.69, 9.17) is 31.5 Å². The largest absolute Gasteiger partial charge is 0.419 e. The van der Waals surface area contributed by atoms with E-state index in [0.29, 0.717) is 42.1 Å². The third kappa shape index (κ3) is 7.37. The van der Waals surface area contributed by atoms with Crippen molar-refractivity contribution in [2.24, 2.45) is 17.6 Å². The van der Waals surface area contributed by atoms with Gasteiger partial charge in [-0.3, -0.25) is 4.98 Å². The Morgan fingerprint density at radius 2 is 1.89 bits per heavy atom. The highest BCUT2D eigenvalue weighted by Crippen LogP contribution is 2.42. The fourth-order valence-corrected chi connectivity index (χ4v) is 6.21. The van der Waals surface area contributed by atoms with E-state index in [1.165, 1.54) is 0 Å². The molecule has 0 amide bonds. The topological polar surface area (TPSA) is 141 Å². The highest BCUT2D eigenvalue weighted by Gasteiger charge is 2.35. The molecule has 0 aliphatic heterocycles. The number of hydrogen-bond acceptors (Lipinski definition) is 10. The SMILES string of the molecule is COCCN(CC1CC1C)c1cc(-c2nnc(C(N)C(C)c3ccccc3)o2)c(Cl)c(N(Cc2ccccn2)S(C)(=O)=O)n1. The van der Waals surface area contributed by atoms with Gasteiger partial charge in [-0.25, -0.2) is 17.7 Å². The van der Waals surface area contributed by atoms with Crippen LogP contribution >= 0.6 is 11.6 Å². The second-order valence-corrected chi connectivity index (χ2v) is 13.6. The fourth-order valence-electron chi connectivity index (χ4n) is 5.07. The van der Waals surface area contributed by atoms with Gasteiger partial charge in [0.15, 0.2) is 5.82 Å². The minimum atomic E-state index is -3.85. The molecule has 234 valence electrons. The summed E-state index contributed by atoms with van der Waals surface area (Å²) in [6.45, 7) is 5.86. The summed E-state index contributed by atoms with van der Waals surface area (Å²) in [7, 11) is -2.21. The molecule has 5 rings (SSSR count). The summed E-state index contributed by atoms with van der Waals surface area (Å²) in [4.78, 5) is 11.2. The molecule has 0 spiro atoms. The van der Waals surface area contributed by atoms with Crippen molar-refractivity contribution in [1.82, 2.24) is 20.2 Å². The molecule has 13 heteroatoms. The molecule has 1 fully saturated rings. The molecule has 1 aromatic carbocycles. The van der Waals surface area contributed by atoms with Crippen LogP contribution < -0.4 is 14.9 Å². The molecule has 3 aromatic heterocycles. The zero-order valence-corrected chi connectivity index (χ0v) is 26.9. The number of pyridine rings is 2. The minimum absolute atomic E-state index is 0.0419. The Morgan fingerprint density at radius 3 is 2.52 bits per heavy atom. The van der Waals surface area contributed by atoms with Gasteiger partial charge in [0, 0.05) is 32.3 Å². The average molecular weight is 640 g/mol. The highest BCUT2D eigenvalue weighted by molar-refractivity contribution is 7.92. The van der Waals surface area contributed by atoms with E-state index in [1.54, 1.807) is 37.6 Å². The number of sulfonamides is 1. The van der Waals surface area contributed by atoms with Crippen LogP contribution in [0.2, 0.25) is 5.02 Å². The molecule has 1 aliphatic rings. The summed E-state index contributed by atoms with van der Waals surface area (Å²) in [5.41, 5.74) is 8.49. The molecular formula is C31H38ClN7O4S. The smallest absolute Gasteiger partial charge is 0.249 e. The maximum Gasteiger partial charge on any atom is 0.249 e. The van der Waals surface area contributed by atoms with Crippen molar-refractivity contribution in [3.8, 4) is 11.5 Å². The van der Waals surface area contributed by atoms with E-state index < -0.39 is 16.1 Å². The van der Waals surface area contributed by atoms with Gasteiger partial charge in [-0.15, -0.1) is 10.2 Å². The van der Waals surface area contributed by atoms with E-state index >= 15 is 0 Å². The molecule has 4 atom stereocenters. The quantitative estimate of drug-likeness (QED) is 0.199. The molecule has 11 nitrogen and oxygen atoms in total. The number of aromatic nitrogens is 4. The van der Waals surface area contributed by atoms with Crippen molar-refractivity contribution >= 4 is 33.3 Å². The molecule has 4 unspecified atom stereocenters. The Morgan fingerprint density at radius 1 is 1.16 bits per heavy atom. The molecule has 0 radical (unpaired) electrons. The maximum atomic E-state index is 13.2. The lowest BCUT2D eigenvalue weighted by Crippen LogP contribution is -2.33. The average Bonchev–Trinajstić information content (AvgIpc) is 3.49. The summed E-state index contributed by atoms with van der Waals surface area (Å²) in [6, 6.07) is 16.3. The molecule has 4 aromatic rings. The molecule has 2 N–H and O–H groups in total. The van der Waals surface area contributed by atoms with Crippen LogP contribution in [0.3, 0.4) is 0 Å². The fraction of sp³-hybridized carbons (Fsp3) is 0.419. The van der Waals surface area contributed by atoms with Gasteiger partial charge < -0.3 is 19.8 Å². The Bertz CT molecular complexity index is 1660.